The van der Waals surface area contributed by atoms with Gasteiger partial charge in [-0.2, -0.15) is 0 Å². The van der Waals surface area contributed by atoms with E-state index in [0.717, 1.165) is 0 Å². The van der Waals surface area contributed by atoms with Crippen molar-refractivity contribution in [2.24, 2.45) is 0 Å². The van der Waals surface area contributed by atoms with Crippen molar-refractivity contribution < 1.29 is 19.1 Å². The number of carbonyl (C=O) groups is 3. The molecule has 2 saturated heterocycles. The van der Waals surface area contributed by atoms with E-state index in [1.807, 2.05) is 24.3 Å². The first-order valence-corrected chi connectivity index (χ1v) is 8.66. The minimum atomic E-state index is -0.562. The molecule has 6 heteroatoms. The Kier molecular flexibility index (Phi) is 4.54. The molecule has 0 atom stereocenters. The van der Waals surface area contributed by atoms with Crippen LogP contribution in [0.3, 0.4) is 0 Å². The molecule has 3 rings (SSSR count). The van der Waals surface area contributed by atoms with Gasteiger partial charge in [-0.15, -0.1) is 0 Å². The van der Waals surface area contributed by atoms with Gasteiger partial charge < -0.3 is 9.64 Å². The van der Waals surface area contributed by atoms with Crippen LogP contribution >= 0.6 is 0 Å². The van der Waals surface area contributed by atoms with Gasteiger partial charge in [0, 0.05) is 24.7 Å². The summed E-state index contributed by atoms with van der Waals surface area (Å²) in [4.78, 5) is 39.0. The molecule has 2 fully saturated rings. The summed E-state index contributed by atoms with van der Waals surface area (Å²) in [6, 6.07) is 7.57. The third-order valence-electron chi connectivity index (χ3n) is 4.90. The molecule has 0 aliphatic carbocycles. The van der Waals surface area contributed by atoms with Crippen molar-refractivity contribution in [3.8, 4) is 0 Å². The summed E-state index contributed by atoms with van der Waals surface area (Å²) >= 11 is 0. The lowest BCUT2D eigenvalue weighted by atomic mass is 9.86. The molecule has 6 nitrogen and oxygen atoms in total. The van der Waals surface area contributed by atoms with Crippen LogP contribution in [0.25, 0.3) is 0 Å². The van der Waals surface area contributed by atoms with Crippen LogP contribution in [0.15, 0.2) is 24.3 Å². The smallest absolute Gasteiger partial charge is 0.417 e. The van der Waals surface area contributed by atoms with Crippen molar-refractivity contribution in [3.05, 3.63) is 35.4 Å². The third-order valence-corrected chi connectivity index (χ3v) is 4.90. The molecule has 0 unspecified atom stereocenters. The number of carbonyl (C=O) groups excluding carboxylic acids is 3. The molecule has 25 heavy (non-hydrogen) atoms. The largest absolute Gasteiger partial charge is 0.439 e. The highest BCUT2D eigenvalue weighted by Crippen LogP contribution is 2.24. The van der Waals surface area contributed by atoms with Crippen LogP contribution in [-0.2, 0) is 14.9 Å². The van der Waals surface area contributed by atoms with Crippen molar-refractivity contribution in [1.82, 2.24) is 9.80 Å². The summed E-state index contributed by atoms with van der Waals surface area (Å²) in [6.07, 6.45) is 0.617. The number of amides is 3. The van der Waals surface area contributed by atoms with Crippen molar-refractivity contribution >= 4 is 17.9 Å². The lowest BCUT2D eigenvalue weighted by molar-refractivity contribution is -0.127. The first-order valence-electron chi connectivity index (χ1n) is 8.66. The number of rotatable bonds is 2. The zero-order valence-electron chi connectivity index (χ0n) is 14.9. The van der Waals surface area contributed by atoms with Crippen molar-refractivity contribution in [2.45, 2.75) is 45.1 Å². The molecule has 0 N–H and O–H groups in total. The van der Waals surface area contributed by atoms with E-state index in [-0.39, 0.29) is 29.9 Å². The Labute approximate surface area is 147 Å². The van der Waals surface area contributed by atoms with Crippen molar-refractivity contribution in [3.63, 3.8) is 0 Å². The van der Waals surface area contributed by atoms with E-state index in [1.165, 1.54) is 10.5 Å². The van der Waals surface area contributed by atoms with E-state index in [2.05, 4.69) is 20.8 Å². The van der Waals surface area contributed by atoms with E-state index in [1.54, 1.807) is 4.90 Å². The number of nitrogens with zero attached hydrogens (tertiary/aromatic N) is 2. The molecule has 2 aliphatic heterocycles. The predicted molar refractivity (Wildman–Crippen MR) is 92.3 cm³/mol. The van der Waals surface area contributed by atoms with E-state index < -0.39 is 6.09 Å². The first-order chi connectivity index (χ1) is 11.8. The second kappa shape index (κ2) is 6.50. The molecule has 134 valence electrons. The van der Waals surface area contributed by atoms with Gasteiger partial charge >= 0.3 is 6.09 Å². The molecule has 0 spiro atoms. The van der Waals surface area contributed by atoms with Crippen LogP contribution in [0.4, 0.5) is 4.79 Å². The van der Waals surface area contributed by atoms with Crippen molar-refractivity contribution in [1.29, 1.82) is 0 Å². The van der Waals surface area contributed by atoms with Gasteiger partial charge in [0.2, 0.25) is 0 Å². The summed E-state index contributed by atoms with van der Waals surface area (Å²) in [6.45, 7) is 7.30. The van der Waals surface area contributed by atoms with E-state index >= 15 is 0 Å². The maximum absolute atomic E-state index is 12.7. The molecule has 1 aromatic rings. The highest BCUT2D eigenvalue weighted by molar-refractivity contribution is 5.98. The standard InChI is InChI=1S/C19H24N2O4/c1-19(2,3)14-6-4-13(5-7-14)17(23)20-10-8-15(9-11-20)21-16(22)12-25-18(21)24/h4-7,15H,8-12H2,1-3H3. The highest BCUT2D eigenvalue weighted by atomic mass is 16.6. The molecular weight excluding hydrogens is 320 g/mol. The van der Waals surface area contributed by atoms with Gasteiger partial charge in [0.05, 0.1) is 0 Å². The fraction of sp³-hybridized carbons (Fsp3) is 0.526. The van der Waals surface area contributed by atoms with Crippen LogP contribution in [0, 0.1) is 0 Å². The quantitative estimate of drug-likeness (QED) is 0.827. The number of cyclic esters (lactones) is 1. The fourth-order valence-corrected chi connectivity index (χ4v) is 3.34. The Morgan fingerprint density at radius 1 is 1.08 bits per heavy atom. The topological polar surface area (TPSA) is 66.9 Å². The van der Waals surface area contributed by atoms with Gasteiger partial charge in [-0.25, -0.2) is 9.69 Å². The Morgan fingerprint density at radius 2 is 1.68 bits per heavy atom. The zero-order valence-corrected chi connectivity index (χ0v) is 14.9. The molecule has 0 aromatic heterocycles. The summed E-state index contributed by atoms with van der Waals surface area (Å²) in [5.74, 6) is -0.290. The number of hydrogen-bond donors (Lipinski definition) is 0. The number of piperidine rings is 1. The minimum Gasteiger partial charge on any atom is -0.439 e. The van der Waals surface area contributed by atoms with Crippen LogP contribution in [0.2, 0.25) is 0 Å². The van der Waals surface area contributed by atoms with Gasteiger partial charge in [0.1, 0.15) is 0 Å². The Bertz CT molecular complexity index is 666. The maximum atomic E-state index is 12.7. The van der Waals surface area contributed by atoms with Gasteiger partial charge in [-0.3, -0.25) is 9.59 Å². The van der Waals surface area contributed by atoms with Gasteiger partial charge in [0.15, 0.2) is 6.61 Å². The number of benzene rings is 1. The van der Waals surface area contributed by atoms with Crippen LogP contribution in [0.5, 0.6) is 0 Å². The molecule has 3 amide bonds. The molecular formula is C19H24N2O4. The Balaban J connectivity index is 1.62. The maximum Gasteiger partial charge on any atom is 0.417 e. The number of imide groups is 1. The van der Waals surface area contributed by atoms with Gasteiger partial charge in [0.25, 0.3) is 11.8 Å². The molecule has 2 heterocycles. The normalized spacial score (nSPS) is 19.3. The van der Waals surface area contributed by atoms with Gasteiger partial charge in [-0.1, -0.05) is 32.9 Å². The molecule has 1 aromatic carbocycles. The second-order valence-corrected chi connectivity index (χ2v) is 7.67. The third kappa shape index (κ3) is 3.52. The molecule has 0 radical (unpaired) electrons. The summed E-state index contributed by atoms with van der Waals surface area (Å²) in [5.41, 5.74) is 1.91. The monoisotopic (exact) mass is 344 g/mol. The summed E-state index contributed by atoms with van der Waals surface area (Å²) < 4.78 is 4.77. The van der Waals surface area contributed by atoms with E-state index in [0.29, 0.717) is 31.5 Å². The van der Waals surface area contributed by atoms with Crippen LogP contribution in [0.1, 0.15) is 49.5 Å². The van der Waals surface area contributed by atoms with E-state index in [9.17, 15) is 14.4 Å². The van der Waals surface area contributed by atoms with E-state index in [4.69, 9.17) is 4.74 Å². The summed E-state index contributed by atoms with van der Waals surface area (Å²) in [5, 5.41) is 0. The summed E-state index contributed by atoms with van der Waals surface area (Å²) in [7, 11) is 0. The number of likely N-dealkylation sites (tertiary alicyclic amines) is 1. The molecule has 0 bridgehead atoms. The fourth-order valence-electron chi connectivity index (χ4n) is 3.34. The average molecular weight is 344 g/mol. The zero-order chi connectivity index (χ0) is 18.2. The lowest BCUT2D eigenvalue weighted by Crippen LogP contribution is -2.48. The predicted octanol–water partition coefficient (Wildman–Crippen LogP) is 2.57. The SMILES string of the molecule is CC(C)(C)c1ccc(C(=O)N2CCC(N3C(=O)COC3=O)CC2)cc1. The molecule has 0 saturated carbocycles. The number of hydrogen-bond acceptors (Lipinski definition) is 4. The van der Waals surface area contributed by atoms with Crippen molar-refractivity contribution in [2.75, 3.05) is 19.7 Å². The lowest BCUT2D eigenvalue weighted by Gasteiger charge is -2.34. The van der Waals surface area contributed by atoms with Crippen LogP contribution < -0.4 is 0 Å². The molecule has 2 aliphatic rings. The van der Waals surface area contributed by atoms with Gasteiger partial charge in [-0.05, 0) is 36.0 Å². The first kappa shape index (κ1) is 17.5. The Morgan fingerprint density at radius 3 is 2.16 bits per heavy atom. The minimum absolute atomic E-state index is 0.00534. The van der Waals surface area contributed by atoms with Crippen LogP contribution in [-0.4, -0.2) is 53.4 Å². The second-order valence-electron chi connectivity index (χ2n) is 7.67. The number of ether oxygens (including phenoxy) is 1. The average Bonchev–Trinajstić information content (AvgIpc) is 2.92. The highest BCUT2D eigenvalue weighted by Gasteiger charge is 2.39. The Hall–Kier alpha value is -2.37.